The van der Waals surface area contributed by atoms with Crippen LogP contribution in [-0.2, 0) is 0 Å². The van der Waals surface area contributed by atoms with Crippen molar-refractivity contribution in [2.75, 3.05) is 7.11 Å². The van der Waals surface area contributed by atoms with Crippen molar-refractivity contribution in [2.45, 2.75) is 0 Å². The molecule has 84 valence electrons. The van der Waals surface area contributed by atoms with E-state index in [1.807, 2.05) is 30.5 Å². The van der Waals surface area contributed by atoms with E-state index in [0.29, 0.717) is 5.69 Å². The summed E-state index contributed by atoms with van der Waals surface area (Å²) in [6.45, 7) is 0. The third kappa shape index (κ3) is 1.30. The molecule has 0 fully saturated rings. The van der Waals surface area contributed by atoms with E-state index in [-0.39, 0.29) is 0 Å². The zero-order chi connectivity index (χ0) is 11.8. The number of hydrogen-bond acceptors (Lipinski definition) is 3. The first kappa shape index (κ1) is 9.84. The van der Waals surface area contributed by atoms with Gasteiger partial charge in [-0.05, 0) is 12.1 Å². The number of carbonyl (C=O) groups excluding carboxylic acids is 1. The molecule has 0 radical (unpaired) electrons. The van der Waals surface area contributed by atoms with E-state index in [4.69, 9.17) is 4.74 Å². The zero-order valence-corrected chi connectivity index (χ0v) is 9.25. The number of fused-ring (bicyclic) bond motifs is 3. The number of rotatable bonds is 2. The summed E-state index contributed by atoms with van der Waals surface area (Å²) in [7, 11) is 1.64. The van der Waals surface area contributed by atoms with Gasteiger partial charge in [-0.25, -0.2) is 4.98 Å². The molecule has 2 aromatic heterocycles. The van der Waals surface area contributed by atoms with Crippen molar-refractivity contribution in [1.29, 1.82) is 0 Å². The van der Waals surface area contributed by atoms with Crippen LogP contribution in [0.3, 0.4) is 0 Å². The van der Waals surface area contributed by atoms with E-state index in [9.17, 15) is 4.79 Å². The minimum Gasteiger partial charge on any atom is -0.496 e. The van der Waals surface area contributed by atoms with Crippen molar-refractivity contribution in [3.05, 3.63) is 42.4 Å². The molecule has 0 unspecified atom stereocenters. The molecular formula is C13H10N2O2. The van der Waals surface area contributed by atoms with Gasteiger partial charge in [-0.2, -0.15) is 0 Å². The Hall–Kier alpha value is -2.36. The topological polar surface area (TPSA) is 43.6 Å². The van der Waals surface area contributed by atoms with Crippen LogP contribution < -0.4 is 4.74 Å². The molecule has 0 N–H and O–H groups in total. The zero-order valence-electron chi connectivity index (χ0n) is 9.25. The molecule has 0 atom stereocenters. The molecule has 3 aromatic rings. The fourth-order valence-electron chi connectivity index (χ4n) is 2.06. The molecule has 0 amide bonds. The van der Waals surface area contributed by atoms with Gasteiger partial charge in [0.15, 0.2) is 6.29 Å². The average molecular weight is 226 g/mol. The van der Waals surface area contributed by atoms with Gasteiger partial charge in [-0.15, -0.1) is 0 Å². The summed E-state index contributed by atoms with van der Waals surface area (Å²) in [4.78, 5) is 15.1. The summed E-state index contributed by atoms with van der Waals surface area (Å²) in [6, 6.07) is 7.71. The highest BCUT2D eigenvalue weighted by molar-refractivity contribution is 5.98. The van der Waals surface area contributed by atoms with Crippen LogP contribution in [0.2, 0.25) is 0 Å². The highest BCUT2D eigenvalue weighted by Crippen LogP contribution is 2.27. The van der Waals surface area contributed by atoms with E-state index in [2.05, 4.69) is 4.98 Å². The number of carbonyl (C=O) groups is 1. The van der Waals surface area contributed by atoms with Gasteiger partial charge in [0.1, 0.15) is 17.1 Å². The molecule has 0 spiro atoms. The van der Waals surface area contributed by atoms with Crippen LogP contribution in [0, 0.1) is 0 Å². The molecule has 0 aliphatic heterocycles. The molecule has 0 aliphatic rings. The fraction of sp³-hybridized carbons (Fsp3) is 0.0769. The molecule has 0 saturated heterocycles. The van der Waals surface area contributed by atoms with E-state index < -0.39 is 0 Å². The highest BCUT2D eigenvalue weighted by Gasteiger charge is 2.08. The largest absolute Gasteiger partial charge is 0.496 e. The number of methoxy groups -OCH3 is 1. The summed E-state index contributed by atoms with van der Waals surface area (Å²) >= 11 is 0. The van der Waals surface area contributed by atoms with E-state index in [1.54, 1.807) is 17.7 Å². The summed E-state index contributed by atoms with van der Waals surface area (Å²) in [6.07, 6.45) is 4.20. The Morgan fingerprint density at radius 3 is 2.94 bits per heavy atom. The quantitative estimate of drug-likeness (QED) is 0.630. The van der Waals surface area contributed by atoms with Gasteiger partial charge in [0, 0.05) is 17.0 Å². The molecule has 0 aliphatic carbocycles. The lowest BCUT2D eigenvalue weighted by atomic mass is 10.1. The molecule has 1 aromatic carbocycles. The van der Waals surface area contributed by atoms with E-state index >= 15 is 0 Å². The van der Waals surface area contributed by atoms with Gasteiger partial charge in [0.25, 0.3) is 0 Å². The Balaban J connectivity index is 2.48. The number of ether oxygens (including phenoxy) is 1. The van der Waals surface area contributed by atoms with Crippen LogP contribution in [0.4, 0.5) is 0 Å². The standard InChI is InChI=1S/C13H10N2O2/c1-17-12-4-2-3-11-10(12)5-6-15-9(8-16)7-14-13(11)15/h2-8H,1H3. The molecule has 0 saturated carbocycles. The van der Waals surface area contributed by atoms with Gasteiger partial charge in [0.2, 0.25) is 0 Å². The predicted molar refractivity (Wildman–Crippen MR) is 64.6 cm³/mol. The maximum Gasteiger partial charge on any atom is 0.168 e. The van der Waals surface area contributed by atoms with Gasteiger partial charge < -0.3 is 4.74 Å². The van der Waals surface area contributed by atoms with Gasteiger partial charge >= 0.3 is 0 Å². The van der Waals surface area contributed by atoms with Crippen molar-refractivity contribution in [3.63, 3.8) is 0 Å². The molecular weight excluding hydrogens is 216 g/mol. The second-order valence-corrected chi connectivity index (χ2v) is 3.73. The molecule has 4 heteroatoms. The van der Waals surface area contributed by atoms with Gasteiger partial charge in [-0.3, -0.25) is 9.20 Å². The number of nitrogens with zero attached hydrogens (tertiary/aromatic N) is 2. The lowest BCUT2D eigenvalue weighted by Crippen LogP contribution is -1.92. The fourth-order valence-corrected chi connectivity index (χ4v) is 2.06. The number of aldehydes is 1. The molecule has 4 nitrogen and oxygen atoms in total. The second kappa shape index (κ2) is 3.59. The number of pyridine rings is 1. The molecule has 2 heterocycles. The van der Waals surface area contributed by atoms with Crippen LogP contribution in [0.5, 0.6) is 5.75 Å². The number of hydrogen-bond donors (Lipinski definition) is 0. The normalized spacial score (nSPS) is 10.9. The summed E-state index contributed by atoms with van der Waals surface area (Å²) in [5.41, 5.74) is 1.31. The highest BCUT2D eigenvalue weighted by atomic mass is 16.5. The smallest absolute Gasteiger partial charge is 0.168 e. The monoisotopic (exact) mass is 226 g/mol. The first-order chi connectivity index (χ1) is 8.35. The molecule has 17 heavy (non-hydrogen) atoms. The minimum absolute atomic E-state index is 0.546. The first-order valence-electron chi connectivity index (χ1n) is 5.23. The average Bonchev–Trinajstić information content (AvgIpc) is 2.81. The molecule has 0 bridgehead atoms. The van der Waals surface area contributed by atoms with E-state index in [0.717, 1.165) is 28.5 Å². The maximum atomic E-state index is 10.9. The lowest BCUT2D eigenvalue weighted by Gasteiger charge is -2.06. The third-order valence-electron chi connectivity index (χ3n) is 2.86. The van der Waals surface area contributed by atoms with Crippen LogP contribution in [0.25, 0.3) is 16.4 Å². The van der Waals surface area contributed by atoms with Crippen LogP contribution in [-0.4, -0.2) is 22.8 Å². The number of aromatic nitrogens is 2. The van der Waals surface area contributed by atoms with Crippen molar-refractivity contribution in [2.24, 2.45) is 0 Å². The Morgan fingerprint density at radius 1 is 1.29 bits per heavy atom. The Bertz CT molecular complexity index is 716. The Kier molecular flexibility index (Phi) is 2.08. The van der Waals surface area contributed by atoms with Crippen molar-refractivity contribution in [3.8, 4) is 5.75 Å². The van der Waals surface area contributed by atoms with Crippen LogP contribution in [0.1, 0.15) is 10.5 Å². The van der Waals surface area contributed by atoms with Crippen molar-refractivity contribution in [1.82, 2.24) is 9.38 Å². The first-order valence-corrected chi connectivity index (χ1v) is 5.23. The summed E-state index contributed by atoms with van der Waals surface area (Å²) < 4.78 is 7.08. The maximum absolute atomic E-state index is 10.9. The SMILES string of the molecule is COc1cccc2c1ccn1c(C=O)cnc21. The number of imidazole rings is 1. The Morgan fingerprint density at radius 2 is 2.18 bits per heavy atom. The summed E-state index contributed by atoms with van der Waals surface area (Å²) in [5, 5.41) is 1.96. The lowest BCUT2D eigenvalue weighted by molar-refractivity contribution is 0.111. The Labute approximate surface area is 97.5 Å². The van der Waals surface area contributed by atoms with Gasteiger partial charge in [-0.1, -0.05) is 12.1 Å². The van der Waals surface area contributed by atoms with Crippen LogP contribution in [0.15, 0.2) is 36.7 Å². The van der Waals surface area contributed by atoms with Crippen molar-refractivity contribution < 1.29 is 9.53 Å². The minimum atomic E-state index is 0.546. The van der Waals surface area contributed by atoms with Gasteiger partial charge in [0.05, 0.1) is 13.3 Å². The molecule has 3 rings (SSSR count). The van der Waals surface area contributed by atoms with Crippen LogP contribution >= 0.6 is 0 Å². The predicted octanol–water partition coefficient (Wildman–Crippen LogP) is 2.31. The van der Waals surface area contributed by atoms with E-state index in [1.165, 1.54) is 0 Å². The number of benzene rings is 1. The second-order valence-electron chi connectivity index (χ2n) is 3.73. The summed E-state index contributed by atoms with van der Waals surface area (Å²) in [5.74, 6) is 0.806. The third-order valence-corrected chi connectivity index (χ3v) is 2.86. The van der Waals surface area contributed by atoms with Crippen molar-refractivity contribution >= 4 is 22.7 Å².